The molecule has 0 fully saturated rings. The zero-order chi connectivity index (χ0) is 14.1. The topological polar surface area (TPSA) is 81.1 Å². The van der Waals surface area contributed by atoms with Crippen molar-refractivity contribution in [2.75, 3.05) is 11.1 Å². The van der Waals surface area contributed by atoms with Gasteiger partial charge in [-0.25, -0.2) is 4.98 Å². The minimum atomic E-state index is 0.0780. The normalized spacial score (nSPS) is 12.5. The molecule has 0 bridgehead atoms. The van der Waals surface area contributed by atoms with Crippen LogP contribution in [0.4, 0.5) is 11.5 Å². The van der Waals surface area contributed by atoms with Gasteiger partial charge in [0.05, 0.1) is 6.04 Å². The van der Waals surface area contributed by atoms with Gasteiger partial charge in [0.15, 0.2) is 5.82 Å². The fourth-order valence-corrected chi connectivity index (χ4v) is 2.16. The van der Waals surface area contributed by atoms with E-state index in [0.717, 1.165) is 22.7 Å². The summed E-state index contributed by atoms with van der Waals surface area (Å²) in [4.78, 5) is 4.34. The average molecular weight is 268 g/mol. The van der Waals surface area contributed by atoms with Crippen LogP contribution in [0.5, 0.6) is 0 Å². The Kier molecular flexibility index (Phi) is 2.98. The van der Waals surface area contributed by atoms with E-state index in [2.05, 4.69) is 27.4 Å². The first kappa shape index (κ1) is 12.4. The molecule has 0 saturated carbocycles. The summed E-state index contributed by atoms with van der Waals surface area (Å²) in [5, 5.41) is 11.6. The summed E-state index contributed by atoms with van der Waals surface area (Å²) in [5.41, 5.74) is 8.39. The molecule has 3 aromatic rings. The minimum Gasteiger partial charge on any atom is -0.399 e. The van der Waals surface area contributed by atoms with Gasteiger partial charge in [-0.1, -0.05) is 12.1 Å². The predicted molar refractivity (Wildman–Crippen MR) is 78.4 cm³/mol. The van der Waals surface area contributed by atoms with E-state index < -0.39 is 0 Å². The van der Waals surface area contributed by atoms with Crippen LogP contribution in [-0.2, 0) is 0 Å². The van der Waals surface area contributed by atoms with E-state index in [1.165, 1.54) is 0 Å². The number of fused-ring (bicyclic) bond motifs is 1. The highest BCUT2D eigenvalue weighted by Gasteiger charge is 2.11. The van der Waals surface area contributed by atoms with Crippen LogP contribution in [0.1, 0.15) is 24.4 Å². The summed E-state index contributed by atoms with van der Waals surface area (Å²) in [5.74, 6) is 1.55. The van der Waals surface area contributed by atoms with Crippen molar-refractivity contribution < 1.29 is 0 Å². The van der Waals surface area contributed by atoms with Gasteiger partial charge in [-0.2, -0.15) is 0 Å². The SMILES string of the molecule is Cc1nnc2c(NC(C)c3cccc(N)c3)nccn12. The van der Waals surface area contributed by atoms with Crippen LogP contribution in [-0.4, -0.2) is 19.6 Å². The highest BCUT2D eigenvalue weighted by atomic mass is 15.3. The van der Waals surface area contributed by atoms with Crippen molar-refractivity contribution in [2.24, 2.45) is 0 Å². The van der Waals surface area contributed by atoms with E-state index >= 15 is 0 Å². The lowest BCUT2D eigenvalue weighted by Gasteiger charge is -2.15. The molecule has 1 unspecified atom stereocenters. The molecule has 6 nitrogen and oxygen atoms in total. The lowest BCUT2D eigenvalue weighted by atomic mass is 10.1. The zero-order valence-corrected chi connectivity index (χ0v) is 11.4. The minimum absolute atomic E-state index is 0.0780. The maximum Gasteiger partial charge on any atom is 0.203 e. The monoisotopic (exact) mass is 268 g/mol. The lowest BCUT2D eigenvalue weighted by Crippen LogP contribution is -2.09. The number of rotatable bonds is 3. The third kappa shape index (κ3) is 2.16. The van der Waals surface area contributed by atoms with Gasteiger partial charge in [0, 0.05) is 18.1 Å². The van der Waals surface area contributed by atoms with Gasteiger partial charge in [0.2, 0.25) is 5.65 Å². The summed E-state index contributed by atoms with van der Waals surface area (Å²) in [6.45, 7) is 3.97. The number of aryl methyl sites for hydroxylation is 1. The second kappa shape index (κ2) is 4.80. The Balaban J connectivity index is 1.93. The van der Waals surface area contributed by atoms with Crippen LogP contribution < -0.4 is 11.1 Å². The van der Waals surface area contributed by atoms with Crippen molar-refractivity contribution in [3.05, 3.63) is 48.0 Å². The van der Waals surface area contributed by atoms with E-state index in [4.69, 9.17) is 5.73 Å². The Morgan fingerprint density at radius 1 is 1.30 bits per heavy atom. The molecule has 0 saturated heterocycles. The Labute approximate surface area is 116 Å². The fourth-order valence-electron chi connectivity index (χ4n) is 2.16. The number of nitrogens with two attached hydrogens (primary N) is 1. The Hall–Kier alpha value is -2.63. The van der Waals surface area contributed by atoms with Crippen molar-refractivity contribution in [2.45, 2.75) is 19.9 Å². The number of hydrogen-bond donors (Lipinski definition) is 2. The number of nitrogens with one attached hydrogen (secondary N) is 1. The molecule has 0 aliphatic rings. The Morgan fingerprint density at radius 2 is 2.15 bits per heavy atom. The molecule has 20 heavy (non-hydrogen) atoms. The van der Waals surface area contributed by atoms with E-state index in [1.54, 1.807) is 6.20 Å². The number of nitrogens with zero attached hydrogens (tertiary/aromatic N) is 4. The summed E-state index contributed by atoms with van der Waals surface area (Å²) in [7, 11) is 0. The van der Waals surface area contributed by atoms with Crippen LogP contribution in [0.2, 0.25) is 0 Å². The molecule has 2 aromatic heterocycles. The van der Waals surface area contributed by atoms with Gasteiger partial charge in [-0.05, 0) is 31.5 Å². The summed E-state index contributed by atoms with van der Waals surface area (Å²) >= 11 is 0. The fraction of sp³-hybridized carbons (Fsp3) is 0.214. The van der Waals surface area contributed by atoms with E-state index in [1.807, 2.05) is 41.8 Å². The van der Waals surface area contributed by atoms with Crippen LogP contribution in [0.25, 0.3) is 5.65 Å². The molecule has 6 heteroatoms. The molecular formula is C14H16N6. The molecule has 3 N–H and O–H groups in total. The summed E-state index contributed by atoms with van der Waals surface area (Å²) in [6, 6.07) is 7.87. The van der Waals surface area contributed by atoms with Gasteiger partial charge in [0.1, 0.15) is 5.82 Å². The molecule has 2 heterocycles. The standard InChI is InChI=1S/C14H16N6/c1-9(11-4-3-5-12(15)8-11)17-13-14-19-18-10(2)20(14)7-6-16-13/h3-9H,15H2,1-2H3,(H,16,17). The number of nitrogen functional groups attached to an aromatic ring is 1. The highest BCUT2D eigenvalue weighted by Crippen LogP contribution is 2.21. The average Bonchev–Trinajstić information content (AvgIpc) is 2.82. The van der Waals surface area contributed by atoms with Gasteiger partial charge >= 0.3 is 0 Å². The van der Waals surface area contributed by atoms with Crippen LogP contribution >= 0.6 is 0 Å². The van der Waals surface area contributed by atoms with Gasteiger partial charge in [-0.15, -0.1) is 10.2 Å². The Morgan fingerprint density at radius 3 is 2.95 bits per heavy atom. The molecule has 0 aliphatic heterocycles. The molecule has 102 valence electrons. The number of aromatic nitrogens is 4. The number of anilines is 2. The van der Waals surface area contributed by atoms with Crippen molar-refractivity contribution in [3.8, 4) is 0 Å². The van der Waals surface area contributed by atoms with Gasteiger partial charge in [0.25, 0.3) is 0 Å². The predicted octanol–water partition coefficient (Wildman–Crippen LogP) is 2.19. The van der Waals surface area contributed by atoms with Crippen LogP contribution in [0.3, 0.4) is 0 Å². The third-order valence-corrected chi connectivity index (χ3v) is 3.26. The van der Waals surface area contributed by atoms with E-state index in [0.29, 0.717) is 5.82 Å². The highest BCUT2D eigenvalue weighted by molar-refractivity contribution is 5.62. The first-order valence-corrected chi connectivity index (χ1v) is 6.43. The smallest absolute Gasteiger partial charge is 0.203 e. The van der Waals surface area contributed by atoms with Crippen LogP contribution in [0.15, 0.2) is 36.7 Å². The lowest BCUT2D eigenvalue weighted by molar-refractivity contribution is 0.872. The maximum absolute atomic E-state index is 5.81. The quantitative estimate of drug-likeness (QED) is 0.712. The first-order valence-electron chi connectivity index (χ1n) is 6.43. The molecule has 0 amide bonds. The summed E-state index contributed by atoms with van der Waals surface area (Å²) in [6.07, 6.45) is 3.58. The second-order valence-corrected chi connectivity index (χ2v) is 4.75. The van der Waals surface area contributed by atoms with Crippen molar-refractivity contribution in [1.29, 1.82) is 0 Å². The van der Waals surface area contributed by atoms with E-state index in [-0.39, 0.29) is 6.04 Å². The molecule has 1 aromatic carbocycles. The number of hydrogen-bond acceptors (Lipinski definition) is 5. The molecule has 0 radical (unpaired) electrons. The third-order valence-electron chi connectivity index (χ3n) is 3.26. The van der Waals surface area contributed by atoms with Crippen molar-refractivity contribution in [1.82, 2.24) is 19.6 Å². The zero-order valence-electron chi connectivity index (χ0n) is 11.4. The molecule has 0 spiro atoms. The summed E-state index contributed by atoms with van der Waals surface area (Å²) < 4.78 is 1.90. The molecule has 0 aliphatic carbocycles. The van der Waals surface area contributed by atoms with Crippen LogP contribution in [0, 0.1) is 6.92 Å². The molecule has 1 atom stereocenters. The molecular weight excluding hydrogens is 252 g/mol. The van der Waals surface area contributed by atoms with Gasteiger partial charge < -0.3 is 11.1 Å². The molecule has 3 rings (SSSR count). The van der Waals surface area contributed by atoms with Gasteiger partial charge in [-0.3, -0.25) is 4.40 Å². The largest absolute Gasteiger partial charge is 0.399 e. The Bertz CT molecular complexity index is 748. The first-order chi connectivity index (χ1) is 9.65. The van der Waals surface area contributed by atoms with E-state index in [9.17, 15) is 0 Å². The maximum atomic E-state index is 5.81. The second-order valence-electron chi connectivity index (χ2n) is 4.75. The van der Waals surface area contributed by atoms with Crippen molar-refractivity contribution in [3.63, 3.8) is 0 Å². The number of benzene rings is 1. The van der Waals surface area contributed by atoms with Crippen molar-refractivity contribution >= 4 is 17.2 Å².